The number of methoxy groups -OCH3 is 1. The molecule has 0 atom stereocenters. The third kappa shape index (κ3) is 3.27. The van der Waals surface area contributed by atoms with Crippen LogP contribution in [0.2, 0.25) is 5.02 Å². The van der Waals surface area contributed by atoms with Crippen molar-refractivity contribution >= 4 is 28.3 Å². The minimum atomic E-state index is -0.136. The van der Waals surface area contributed by atoms with Crippen molar-refractivity contribution in [3.63, 3.8) is 0 Å². The van der Waals surface area contributed by atoms with E-state index in [1.54, 1.807) is 55.8 Å². The molecule has 1 heterocycles. The third-order valence-electron chi connectivity index (χ3n) is 3.43. The van der Waals surface area contributed by atoms with Gasteiger partial charge in [0.15, 0.2) is 12.4 Å². The van der Waals surface area contributed by atoms with Gasteiger partial charge in [0.05, 0.1) is 12.1 Å². The van der Waals surface area contributed by atoms with E-state index in [4.69, 9.17) is 21.1 Å². The molecule has 3 rings (SSSR count). The van der Waals surface area contributed by atoms with Gasteiger partial charge in [-0.05, 0) is 36.4 Å². The maximum Gasteiger partial charge on any atom is 0.200 e. The van der Waals surface area contributed by atoms with Crippen molar-refractivity contribution < 1.29 is 14.3 Å². The van der Waals surface area contributed by atoms with Gasteiger partial charge in [-0.25, -0.2) is 0 Å². The zero-order valence-electron chi connectivity index (χ0n) is 12.5. The molecule has 5 heteroatoms. The number of hydrogen-bond acceptors (Lipinski definition) is 4. The topological polar surface area (TPSA) is 48.4 Å². The highest BCUT2D eigenvalue weighted by molar-refractivity contribution is 6.35. The average Bonchev–Trinajstić information content (AvgIpc) is 2.61. The molecule has 0 saturated heterocycles. The second-order valence-electron chi connectivity index (χ2n) is 4.89. The summed E-state index contributed by atoms with van der Waals surface area (Å²) in [4.78, 5) is 16.5. The van der Waals surface area contributed by atoms with Crippen LogP contribution in [0, 0.1) is 0 Å². The smallest absolute Gasteiger partial charge is 0.200 e. The van der Waals surface area contributed by atoms with E-state index in [1.807, 2.05) is 6.07 Å². The molecule has 116 valence electrons. The Bertz CT molecular complexity index is 864. The van der Waals surface area contributed by atoms with Crippen molar-refractivity contribution in [2.45, 2.75) is 0 Å². The summed E-state index contributed by atoms with van der Waals surface area (Å²) in [5.74, 6) is 1.03. The first-order valence-electron chi connectivity index (χ1n) is 7.02. The molecule has 0 aliphatic rings. The molecule has 0 spiro atoms. The van der Waals surface area contributed by atoms with E-state index < -0.39 is 0 Å². The van der Waals surface area contributed by atoms with Crippen LogP contribution in [0.5, 0.6) is 11.5 Å². The van der Waals surface area contributed by atoms with Gasteiger partial charge in [-0.15, -0.1) is 0 Å². The quantitative estimate of drug-likeness (QED) is 0.660. The van der Waals surface area contributed by atoms with E-state index in [0.29, 0.717) is 27.6 Å². The highest BCUT2D eigenvalue weighted by atomic mass is 35.5. The number of fused-ring (bicyclic) bond motifs is 1. The zero-order valence-corrected chi connectivity index (χ0v) is 13.2. The molecular formula is C18H14ClNO3. The summed E-state index contributed by atoms with van der Waals surface area (Å²) in [5, 5.41) is 1.39. The zero-order chi connectivity index (χ0) is 16.2. The molecule has 0 fully saturated rings. The van der Waals surface area contributed by atoms with E-state index in [-0.39, 0.29) is 12.4 Å². The molecule has 23 heavy (non-hydrogen) atoms. The Labute approximate surface area is 138 Å². The van der Waals surface area contributed by atoms with Crippen LogP contribution in [0.15, 0.2) is 54.7 Å². The lowest BCUT2D eigenvalue weighted by Gasteiger charge is -2.09. The van der Waals surface area contributed by atoms with E-state index in [1.165, 1.54) is 0 Å². The molecule has 4 nitrogen and oxygen atoms in total. The average molecular weight is 328 g/mol. The van der Waals surface area contributed by atoms with Crippen molar-refractivity contribution in [1.82, 2.24) is 4.98 Å². The van der Waals surface area contributed by atoms with E-state index in [2.05, 4.69) is 4.98 Å². The lowest BCUT2D eigenvalue weighted by molar-refractivity contribution is 0.0922. The summed E-state index contributed by atoms with van der Waals surface area (Å²) in [6.07, 6.45) is 1.66. The largest absolute Gasteiger partial charge is 0.497 e. The normalized spacial score (nSPS) is 10.5. The first kappa shape index (κ1) is 15.3. The summed E-state index contributed by atoms with van der Waals surface area (Å²) in [5.41, 5.74) is 1.18. The van der Waals surface area contributed by atoms with Crippen LogP contribution >= 0.6 is 11.6 Å². The highest BCUT2D eigenvalue weighted by Gasteiger charge is 2.11. The van der Waals surface area contributed by atoms with Gasteiger partial charge < -0.3 is 9.47 Å². The number of ether oxygens (including phenoxy) is 2. The lowest BCUT2D eigenvalue weighted by Crippen LogP contribution is -2.12. The number of rotatable bonds is 5. The third-order valence-corrected chi connectivity index (χ3v) is 3.76. The van der Waals surface area contributed by atoms with Crippen molar-refractivity contribution in [1.29, 1.82) is 0 Å². The van der Waals surface area contributed by atoms with Gasteiger partial charge in [0, 0.05) is 17.1 Å². The number of ketones is 1. The molecule has 0 aliphatic heterocycles. The van der Waals surface area contributed by atoms with Crippen LogP contribution in [-0.4, -0.2) is 24.5 Å². The maximum atomic E-state index is 12.3. The molecule has 0 unspecified atom stereocenters. The van der Waals surface area contributed by atoms with Gasteiger partial charge in [-0.1, -0.05) is 23.7 Å². The first-order chi connectivity index (χ1) is 11.2. The summed E-state index contributed by atoms with van der Waals surface area (Å²) in [6.45, 7) is -0.0829. The van der Waals surface area contributed by atoms with Crippen LogP contribution < -0.4 is 9.47 Å². The first-order valence-corrected chi connectivity index (χ1v) is 7.40. The predicted molar refractivity (Wildman–Crippen MR) is 89.6 cm³/mol. The molecule has 1 aromatic heterocycles. The van der Waals surface area contributed by atoms with Gasteiger partial charge in [0.25, 0.3) is 0 Å². The minimum Gasteiger partial charge on any atom is -0.497 e. The molecule has 0 amide bonds. The number of nitrogens with zero attached hydrogens (tertiary/aromatic N) is 1. The summed E-state index contributed by atoms with van der Waals surface area (Å²) < 4.78 is 10.8. The maximum absolute atomic E-state index is 12.3. The number of halogens is 1. The second-order valence-corrected chi connectivity index (χ2v) is 5.30. The van der Waals surface area contributed by atoms with Crippen LogP contribution in [0.3, 0.4) is 0 Å². The number of hydrogen-bond donors (Lipinski definition) is 0. The van der Waals surface area contributed by atoms with Crippen LogP contribution in [0.1, 0.15) is 10.4 Å². The Hall–Kier alpha value is -2.59. The summed E-state index contributed by atoms with van der Waals surface area (Å²) >= 11 is 6.14. The van der Waals surface area contributed by atoms with E-state index in [0.717, 1.165) is 5.39 Å². The molecular weight excluding hydrogens is 314 g/mol. The number of benzene rings is 2. The van der Waals surface area contributed by atoms with Gasteiger partial charge in [0.2, 0.25) is 0 Å². The monoisotopic (exact) mass is 327 g/mol. The molecule has 2 aromatic carbocycles. The Morgan fingerprint density at radius 3 is 2.87 bits per heavy atom. The number of aromatic nitrogens is 1. The fourth-order valence-corrected chi connectivity index (χ4v) is 2.47. The molecule has 0 bridgehead atoms. The van der Waals surface area contributed by atoms with Crippen LogP contribution in [0.4, 0.5) is 0 Å². The molecule has 0 radical (unpaired) electrons. The number of pyridine rings is 1. The summed E-state index contributed by atoms with van der Waals surface area (Å²) in [7, 11) is 1.56. The molecule has 0 aliphatic carbocycles. The van der Waals surface area contributed by atoms with Crippen LogP contribution in [0.25, 0.3) is 10.9 Å². The highest BCUT2D eigenvalue weighted by Crippen LogP contribution is 2.29. The Morgan fingerprint density at radius 1 is 1.17 bits per heavy atom. The van der Waals surface area contributed by atoms with Gasteiger partial charge in [-0.3, -0.25) is 9.78 Å². The number of carbonyl (C=O) groups excluding carboxylic acids is 1. The fraction of sp³-hybridized carbons (Fsp3) is 0.111. The van der Waals surface area contributed by atoms with E-state index in [9.17, 15) is 4.79 Å². The predicted octanol–water partition coefficient (Wildman–Crippen LogP) is 4.16. The second kappa shape index (κ2) is 6.67. The lowest BCUT2D eigenvalue weighted by atomic mass is 10.1. The van der Waals surface area contributed by atoms with Gasteiger partial charge >= 0.3 is 0 Å². The molecule has 0 N–H and O–H groups in total. The number of Topliss-reactive ketones (excluding diaryl/α,β-unsaturated/α-hetero) is 1. The van der Waals surface area contributed by atoms with Gasteiger partial charge in [-0.2, -0.15) is 0 Å². The Balaban J connectivity index is 1.80. The minimum absolute atomic E-state index is 0.0829. The van der Waals surface area contributed by atoms with Gasteiger partial charge in [0.1, 0.15) is 17.0 Å². The SMILES string of the molecule is COc1cccc(C(=O)COc2ccc(Cl)c3cccnc23)c1. The van der Waals surface area contributed by atoms with Crippen molar-refractivity contribution in [3.8, 4) is 11.5 Å². The Morgan fingerprint density at radius 2 is 2.04 bits per heavy atom. The van der Waals surface area contributed by atoms with Crippen molar-refractivity contribution in [3.05, 3.63) is 65.3 Å². The Kier molecular flexibility index (Phi) is 4.44. The van der Waals surface area contributed by atoms with Crippen molar-refractivity contribution in [2.75, 3.05) is 13.7 Å². The van der Waals surface area contributed by atoms with Crippen molar-refractivity contribution in [2.24, 2.45) is 0 Å². The van der Waals surface area contributed by atoms with Crippen LogP contribution in [-0.2, 0) is 0 Å². The summed E-state index contributed by atoms with van der Waals surface area (Å²) in [6, 6.07) is 14.1. The fourth-order valence-electron chi connectivity index (χ4n) is 2.25. The number of carbonyl (C=O) groups is 1. The standard InChI is InChI=1S/C18H14ClNO3/c1-22-13-5-2-4-12(10-13)16(21)11-23-17-8-7-15(19)14-6-3-9-20-18(14)17/h2-10H,11H2,1H3. The molecule has 0 saturated carbocycles. The van der Waals surface area contributed by atoms with E-state index >= 15 is 0 Å². The molecule has 3 aromatic rings.